The van der Waals surface area contributed by atoms with Crippen LogP contribution >= 0.6 is 0 Å². The fraction of sp³-hybridized carbons (Fsp3) is 0.188. The maximum absolute atomic E-state index is 2.59. The normalized spacial score (nSPS) is 15.6. The van der Waals surface area contributed by atoms with Crippen molar-refractivity contribution in [1.82, 2.24) is 0 Å². The Morgan fingerprint density at radius 2 is 0.985 bits per heavy atom. The van der Waals surface area contributed by atoms with Gasteiger partial charge in [0.15, 0.2) is 0 Å². The number of hydrogen-bond donors (Lipinski definition) is 0. The molecule has 1 heteroatoms. The number of hydrogen-bond acceptors (Lipinski definition) is 1. The molecule has 1 fully saturated rings. The van der Waals surface area contributed by atoms with E-state index in [-0.39, 0.29) is 10.8 Å². The van der Waals surface area contributed by atoms with Crippen molar-refractivity contribution in [2.45, 2.75) is 76.5 Å². The second-order valence-corrected chi connectivity index (χ2v) is 19.9. The molecule has 0 saturated heterocycles. The molecule has 0 aliphatic heterocycles. The Balaban J connectivity index is 1.11. The van der Waals surface area contributed by atoms with Gasteiger partial charge in [-0.1, -0.05) is 211 Å². The van der Waals surface area contributed by atoms with Crippen LogP contribution in [-0.2, 0) is 10.8 Å². The quantitative estimate of drug-likeness (QED) is 0.155. The van der Waals surface area contributed by atoms with Crippen molar-refractivity contribution < 1.29 is 0 Å². The highest BCUT2D eigenvalue weighted by Gasteiger charge is 2.37. The molecule has 3 aliphatic rings. The average Bonchev–Trinajstić information content (AvgIpc) is 3.73. The van der Waals surface area contributed by atoms with Gasteiger partial charge in [0.1, 0.15) is 0 Å². The molecule has 1 saturated carbocycles. The Hall–Kier alpha value is -6.96. The summed E-state index contributed by atoms with van der Waals surface area (Å²) in [6, 6.07) is 73.9. The van der Waals surface area contributed by atoms with E-state index in [0.29, 0.717) is 5.92 Å². The molecule has 1 nitrogen and oxygen atoms in total. The summed E-state index contributed by atoms with van der Waals surface area (Å²) in [5.74, 6) is 0.681. The predicted octanol–water partition coefficient (Wildman–Crippen LogP) is 18.0. The van der Waals surface area contributed by atoms with E-state index in [1.165, 1.54) is 132 Å². The first-order valence-electron chi connectivity index (χ1n) is 23.9. The number of benzene rings is 9. The monoisotopic (exact) mass is 837 g/mol. The minimum atomic E-state index is -0.121. The maximum Gasteiger partial charge on any atom is 0.0618 e. The molecule has 0 atom stereocenters. The Morgan fingerprint density at radius 3 is 1.75 bits per heavy atom. The third kappa shape index (κ3) is 6.42. The lowest BCUT2D eigenvalue weighted by atomic mass is 9.81. The molecule has 0 aromatic heterocycles. The molecule has 3 aliphatic carbocycles. The van der Waals surface area contributed by atoms with Gasteiger partial charge in [0.05, 0.1) is 11.4 Å². The summed E-state index contributed by atoms with van der Waals surface area (Å²) in [6.07, 6.45) is 6.67. The van der Waals surface area contributed by atoms with Gasteiger partial charge in [0, 0.05) is 33.0 Å². The average molecular weight is 838 g/mol. The molecule has 0 N–H and O–H groups in total. The second kappa shape index (κ2) is 15.3. The van der Waals surface area contributed by atoms with Crippen LogP contribution in [0.25, 0.3) is 66.4 Å². The summed E-state index contributed by atoms with van der Waals surface area (Å²) in [7, 11) is 0. The zero-order chi connectivity index (χ0) is 43.9. The molecule has 0 unspecified atom stereocenters. The van der Waals surface area contributed by atoms with Crippen LogP contribution in [0, 0.1) is 0 Å². The first kappa shape index (κ1) is 39.6. The molecule has 0 heterocycles. The van der Waals surface area contributed by atoms with Crippen LogP contribution in [0.2, 0.25) is 0 Å². The van der Waals surface area contributed by atoms with Crippen LogP contribution in [0.5, 0.6) is 0 Å². The lowest BCUT2D eigenvalue weighted by Crippen LogP contribution is -2.16. The minimum Gasteiger partial charge on any atom is -0.309 e. The summed E-state index contributed by atoms with van der Waals surface area (Å²) >= 11 is 0. The van der Waals surface area contributed by atoms with Gasteiger partial charge in [0.25, 0.3) is 0 Å². The van der Waals surface area contributed by atoms with Crippen molar-refractivity contribution in [3.63, 3.8) is 0 Å². The number of anilines is 3. The van der Waals surface area contributed by atoms with E-state index in [4.69, 9.17) is 0 Å². The molecular weight excluding hydrogens is 783 g/mol. The van der Waals surface area contributed by atoms with Gasteiger partial charge < -0.3 is 4.90 Å². The van der Waals surface area contributed by atoms with Crippen molar-refractivity contribution in [3.8, 4) is 55.6 Å². The van der Waals surface area contributed by atoms with Crippen LogP contribution in [0.4, 0.5) is 17.1 Å². The highest BCUT2D eigenvalue weighted by molar-refractivity contribution is 6.08. The van der Waals surface area contributed by atoms with Crippen molar-refractivity contribution in [1.29, 1.82) is 0 Å². The third-order valence-corrected chi connectivity index (χ3v) is 15.5. The van der Waals surface area contributed by atoms with Crippen LogP contribution in [0.15, 0.2) is 194 Å². The second-order valence-electron chi connectivity index (χ2n) is 19.9. The van der Waals surface area contributed by atoms with E-state index in [0.717, 1.165) is 11.4 Å². The van der Waals surface area contributed by atoms with Gasteiger partial charge in [-0.2, -0.15) is 0 Å². The van der Waals surface area contributed by atoms with Crippen molar-refractivity contribution in [2.75, 3.05) is 4.90 Å². The van der Waals surface area contributed by atoms with E-state index in [2.05, 4.69) is 227 Å². The largest absolute Gasteiger partial charge is 0.309 e. The van der Waals surface area contributed by atoms with E-state index in [1.54, 1.807) is 0 Å². The van der Waals surface area contributed by atoms with Gasteiger partial charge in [-0.25, -0.2) is 0 Å². The molecular formula is C64H55N. The molecule has 0 amide bonds. The fourth-order valence-electron chi connectivity index (χ4n) is 12.0. The molecule has 9 aromatic rings. The van der Waals surface area contributed by atoms with Gasteiger partial charge in [-0.15, -0.1) is 0 Å². The molecule has 65 heavy (non-hydrogen) atoms. The van der Waals surface area contributed by atoms with Crippen molar-refractivity contribution >= 4 is 27.8 Å². The first-order chi connectivity index (χ1) is 31.8. The van der Waals surface area contributed by atoms with Gasteiger partial charge in [0.2, 0.25) is 0 Å². The van der Waals surface area contributed by atoms with Gasteiger partial charge >= 0.3 is 0 Å². The highest BCUT2D eigenvalue weighted by Crippen LogP contribution is 2.55. The standard InChI is InChI=1S/C64H55N/c1-63(2)58-26-16-14-24-53(58)56-41-49(34-37-59(56)63)65(61-38-33-47(39-55(61)45-19-9-6-10-20-45)44-29-27-43(28-30-44)42-17-7-5-8-18-42)62-50-22-12-11-21-46(50)31-35-51(62)48-32-36-54-52-23-13-15-25-57(52)64(3,4)60(54)40-48/h6,9-16,19-42H,5,7-8,17-18H2,1-4H3. The maximum atomic E-state index is 2.59. The Bertz CT molecular complexity index is 3290. The van der Waals surface area contributed by atoms with E-state index in [1.807, 2.05) is 0 Å². The topological polar surface area (TPSA) is 3.24 Å². The lowest BCUT2D eigenvalue weighted by molar-refractivity contribution is 0.443. The number of rotatable bonds is 7. The Kier molecular flexibility index (Phi) is 9.35. The molecule has 0 radical (unpaired) electrons. The predicted molar refractivity (Wildman–Crippen MR) is 276 cm³/mol. The molecule has 0 spiro atoms. The smallest absolute Gasteiger partial charge is 0.0618 e. The molecule has 316 valence electrons. The van der Waals surface area contributed by atoms with E-state index in [9.17, 15) is 0 Å². The van der Waals surface area contributed by atoms with Crippen LogP contribution in [0.3, 0.4) is 0 Å². The summed E-state index contributed by atoms with van der Waals surface area (Å²) in [5, 5.41) is 2.43. The zero-order valence-corrected chi connectivity index (χ0v) is 38.0. The Labute approximate surface area is 385 Å². The summed E-state index contributed by atoms with van der Waals surface area (Å²) in [5.41, 5.74) is 22.9. The molecule has 12 rings (SSSR count). The number of nitrogens with zero attached hydrogens (tertiary/aromatic N) is 1. The van der Waals surface area contributed by atoms with E-state index >= 15 is 0 Å². The lowest BCUT2D eigenvalue weighted by Gasteiger charge is -2.32. The summed E-state index contributed by atoms with van der Waals surface area (Å²) in [4.78, 5) is 2.59. The fourth-order valence-corrected chi connectivity index (χ4v) is 12.0. The highest BCUT2D eigenvalue weighted by atomic mass is 15.1. The SMILES string of the molecule is CC1(C)c2ccccc2-c2cc(N(c3ccc(-c4ccc(C5CCCCC5)cc4)cc3-c3ccccc3)c3c(-c4ccc5c(c4)C(C)(C)c4ccccc4-5)ccc4ccccc34)ccc21. The number of fused-ring (bicyclic) bond motifs is 7. The van der Waals surface area contributed by atoms with Gasteiger partial charge in [-0.3, -0.25) is 0 Å². The van der Waals surface area contributed by atoms with Crippen LogP contribution in [-0.4, -0.2) is 0 Å². The van der Waals surface area contributed by atoms with E-state index < -0.39 is 0 Å². The summed E-state index contributed by atoms with van der Waals surface area (Å²) in [6.45, 7) is 9.52. The first-order valence-corrected chi connectivity index (χ1v) is 23.9. The Morgan fingerprint density at radius 1 is 0.385 bits per heavy atom. The molecule has 0 bridgehead atoms. The van der Waals surface area contributed by atoms with Crippen molar-refractivity contribution in [2.24, 2.45) is 0 Å². The third-order valence-electron chi connectivity index (χ3n) is 15.5. The summed E-state index contributed by atoms with van der Waals surface area (Å²) < 4.78 is 0. The van der Waals surface area contributed by atoms with Gasteiger partial charge in [-0.05, 0) is 127 Å². The molecule has 9 aromatic carbocycles. The minimum absolute atomic E-state index is 0.0991. The van der Waals surface area contributed by atoms with Crippen molar-refractivity contribution in [3.05, 3.63) is 222 Å². The zero-order valence-electron chi connectivity index (χ0n) is 38.0. The van der Waals surface area contributed by atoms with Crippen LogP contribution < -0.4 is 4.90 Å². The van der Waals surface area contributed by atoms with Crippen LogP contribution in [0.1, 0.15) is 93.5 Å².